The van der Waals surface area contributed by atoms with Crippen LogP contribution in [0.4, 0.5) is 10.8 Å². The Morgan fingerprint density at radius 2 is 2.31 bits per heavy atom. The molecule has 29 heavy (non-hydrogen) atoms. The lowest BCUT2D eigenvalue weighted by Crippen LogP contribution is -2.18. The second-order valence-corrected chi connectivity index (χ2v) is 8.08. The van der Waals surface area contributed by atoms with Crippen molar-refractivity contribution in [1.82, 2.24) is 15.2 Å². The van der Waals surface area contributed by atoms with Gasteiger partial charge in [0.1, 0.15) is 0 Å². The van der Waals surface area contributed by atoms with Crippen LogP contribution in [0.3, 0.4) is 0 Å². The Balaban J connectivity index is 1.67. The SMILES string of the molecule is C=c1sc(NCC)n/c1=C/C=C/C(=N/c1ccc2[nH]ncc2c1)C1=CCCCC1. The lowest BCUT2D eigenvalue weighted by atomic mass is 9.95. The van der Waals surface area contributed by atoms with Crippen LogP contribution in [0.1, 0.15) is 32.6 Å². The monoisotopic (exact) mass is 403 g/mol. The van der Waals surface area contributed by atoms with Crippen molar-refractivity contribution in [3.63, 3.8) is 0 Å². The van der Waals surface area contributed by atoms with Crippen molar-refractivity contribution in [3.05, 3.63) is 58.1 Å². The number of hydrogen-bond donors (Lipinski definition) is 2. The number of fused-ring (bicyclic) bond motifs is 1. The van der Waals surface area contributed by atoms with Crippen LogP contribution in [-0.2, 0) is 0 Å². The fourth-order valence-electron chi connectivity index (χ4n) is 3.38. The summed E-state index contributed by atoms with van der Waals surface area (Å²) in [6.07, 6.45) is 14.9. The van der Waals surface area contributed by atoms with Crippen molar-refractivity contribution >= 4 is 51.4 Å². The summed E-state index contributed by atoms with van der Waals surface area (Å²) in [4.78, 5) is 9.55. The molecule has 4 rings (SSSR count). The van der Waals surface area contributed by atoms with Gasteiger partial charge in [-0.15, -0.1) is 0 Å². The van der Waals surface area contributed by atoms with E-state index in [1.807, 2.05) is 30.5 Å². The summed E-state index contributed by atoms with van der Waals surface area (Å²) < 4.78 is 0.964. The molecule has 0 radical (unpaired) electrons. The molecule has 148 valence electrons. The summed E-state index contributed by atoms with van der Waals surface area (Å²) in [7, 11) is 0. The Morgan fingerprint density at radius 3 is 3.14 bits per heavy atom. The molecule has 0 fully saturated rings. The molecule has 6 heteroatoms. The van der Waals surface area contributed by atoms with E-state index in [2.05, 4.69) is 52.2 Å². The highest BCUT2D eigenvalue weighted by Crippen LogP contribution is 2.24. The standard InChI is InChI=1S/C23H25N5S/c1-3-24-23-27-20(16(2)29-23)10-7-11-21(17-8-5-4-6-9-17)26-19-12-13-22-18(14-19)15-25-28-22/h7-8,10-15H,2-6,9H2,1H3,(H,24,27)(H,25,28)/b11-7+,20-10+,26-21-. The zero-order valence-corrected chi connectivity index (χ0v) is 17.4. The topological polar surface area (TPSA) is 66.0 Å². The number of rotatable bonds is 6. The smallest absolute Gasteiger partial charge is 0.183 e. The molecule has 5 nitrogen and oxygen atoms in total. The van der Waals surface area contributed by atoms with Gasteiger partial charge in [0, 0.05) is 16.5 Å². The number of nitrogens with zero attached hydrogens (tertiary/aromatic N) is 3. The molecule has 0 aliphatic heterocycles. The third-order valence-corrected chi connectivity index (χ3v) is 5.74. The van der Waals surface area contributed by atoms with Crippen molar-refractivity contribution < 1.29 is 0 Å². The molecule has 0 spiro atoms. The largest absolute Gasteiger partial charge is 0.362 e. The third kappa shape index (κ3) is 4.71. The fraction of sp³-hybridized carbons (Fsp3) is 0.261. The summed E-state index contributed by atoms with van der Waals surface area (Å²) >= 11 is 1.58. The first-order valence-electron chi connectivity index (χ1n) is 10.0. The highest BCUT2D eigenvalue weighted by Gasteiger charge is 2.09. The molecule has 1 aliphatic carbocycles. The number of nitrogens with one attached hydrogen (secondary N) is 2. The van der Waals surface area contributed by atoms with Crippen molar-refractivity contribution in [2.75, 3.05) is 11.9 Å². The quantitative estimate of drug-likeness (QED) is 0.597. The number of benzene rings is 1. The highest BCUT2D eigenvalue weighted by atomic mass is 32.1. The highest BCUT2D eigenvalue weighted by molar-refractivity contribution is 7.13. The summed E-state index contributed by atoms with van der Waals surface area (Å²) in [5.74, 6) is 0. The van der Waals surface area contributed by atoms with Crippen LogP contribution in [-0.4, -0.2) is 27.4 Å². The number of thiazole rings is 1. The van der Waals surface area contributed by atoms with E-state index in [1.54, 1.807) is 11.3 Å². The van der Waals surface area contributed by atoms with Gasteiger partial charge in [0.15, 0.2) is 5.13 Å². The summed E-state index contributed by atoms with van der Waals surface area (Å²) in [5, 5.41) is 13.2. The number of aromatic amines is 1. The zero-order chi connectivity index (χ0) is 20.1. The minimum atomic E-state index is 0.855. The Hall–Kier alpha value is -2.99. The summed E-state index contributed by atoms with van der Waals surface area (Å²) in [6, 6.07) is 6.12. The van der Waals surface area contributed by atoms with Gasteiger partial charge < -0.3 is 5.32 Å². The van der Waals surface area contributed by atoms with Crippen LogP contribution in [0.2, 0.25) is 0 Å². The van der Waals surface area contributed by atoms with Gasteiger partial charge >= 0.3 is 0 Å². The molecule has 2 heterocycles. The van der Waals surface area contributed by atoms with Crippen LogP contribution >= 0.6 is 11.3 Å². The van der Waals surface area contributed by atoms with Gasteiger partial charge in [-0.3, -0.25) is 5.10 Å². The van der Waals surface area contributed by atoms with Gasteiger partial charge in [0.05, 0.1) is 28.5 Å². The van der Waals surface area contributed by atoms with E-state index in [0.717, 1.165) is 56.7 Å². The van der Waals surface area contributed by atoms with E-state index >= 15 is 0 Å². The average Bonchev–Trinajstić information content (AvgIpc) is 3.34. The maximum Gasteiger partial charge on any atom is 0.183 e. The molecule has 0 saturated carbocycles. The normalized spacial score (nSPS) is 16.0. The number of aromatic nitrogens is 3. The first kappa shape index (κ1) is 19.3. The van der Waals surface area contributed by atoms with Crippen LogP contribution in [0.25, 0.3) is 23.6 Å². The molecule has 0 unspecified atom stereocenters. The number of aliphatic imine (C=N–C) groups is 1. The Labute approximate surface area is 174 Å². The van der Waals surface area contributed by atoms with Gasteiger partial charge in [0.2, 0.25) is 0 Å². The maximum absolute atomic E-state index is 4.95. The second kappa shape index (κ2) is 9.01. The molecule has 2 N–H and O–H groups in total. The first-order valence-corrected chi connectivity index (χ1v) is 10.8. The zero-order valence-electron chi connectivity index (χ0n) is 16.6. The molecule has 0 atom stereocenters. The van der Waals surface area contributed by atoms with Crippen molar-refractivity contribution in [2.45, 2.75) is 32.6 Å². The molecule has 1 aliphatic rings. The first-order chi connectivity index (χ1) is 14.2. The van der Waals surface area contributed by atoms with Crippen molar-refractivity contribution in [1.29, 1.82) is 0 Å². The molecular formula is C23H25N5S. The Bertz CT molecular complexity index is 1200. The van der Waals surface area contributed by atoms with Gasteiger partial charge in [-0.25, -0.2) is 9.98 Å². The number of hydrogen-bond acceptors (Lipinski definition) is 5. The van der Waals surface area contributed by atoms with Gasteiger partial charge in [-0.1, -0.05) is 30.1 Å². The Kier molecular flexibility index (Phi) is 6.00. The molecule has 3 aromatic rings. The van der Waals surface area contributed by atoms with Crippen LogP contribution in [0.5, 0.6) is 0 Å². The molecule has 0 saturated heterocycles. The third-order valence-electron chi connectivity index (χ3n) is 4.86. The van der Waals surface area contributed by atoms with Crippen molar-refractivity contribution in [2.24, 2.45) is 4.99 Å². The van der Waals surface area contributed by atoms with E-state index in [9.17, 15) is 0 Å². The van der Waals surface area contributed by atoms with Crippen molar-refractivity contribution in [3.8, 4) is 0 Å². The van der Waals surface area contributed by atoms with E-state index < -0.39 is 0 Å². The molecular weight excluding hydrogens is 378 g/mol. The minimum Gasteiger partial charge on any atom is -0.362 e. The van der Waals surface area contributed by atoms with E-state index in [0.29, 0.717) is 0 Å². The summed E-state index contributed by atoms with van der Waals surface area (Å²) in [5.41, 5.74) is 4.28. The summed E-state index contributed by atoms with van der Waals surface area (Å²) in [6.45, 7) is 7.02. The van der Waals surface area contributed by atoms with Gasteiger partial charge in [0.25, 0.3) is 0 Å². The predicted molar refractivity (Wildman–Crippen MR) is 124 cm³/mol. The molecule has 0 amide bonds. The fourth-order valence-corrected chi connectivity index (χ4v) is 4.19. The molecule has 0 bridgehead atoms. The minimum absolute atomic E-state index is 0.855. The molecule has 1 aromatic carbocycles. The average molecular weight is 404 g/mol. The molecule has 2 aromatic heterocycles. The number of H-pyrrole nitrogens is 1. The second-order valence-electron chi connectivity index (χ2n) is 7.00. The van der Waals surface area contributed by atoms with Crippen LogP contribution in [0.15, 0.2) is 53.2 Å². The number of allylic oxidation sites excluding steroid dienone is 4. The van der Waals surface area contributed by atoms with E-state index in [1.165, 1.54) is 18.4 Å². The van der Waals surface area contributed by atoms with Gasteiger partial charge in [-0.2, -0.15) is 5.10 Å². The van der Waals surface area contributed by atoms with E-state index in [-0.39, 0.29) is 0 Å². The van der Waals surface area contributed by atoms with Gasteiger partial charge in [-0.05, 0) is 68.5 Å². The predicted octanol–water partition coefficient (Wildman–Crippen LogP) is 4.47. The maximum atomic E-state index is 4.95. The van der Waals surface area contributed by atoms with Crippen LogP contribution < -0.4 is 15.2 Å². The van der Waals surface area contributed by atoms with E-state index in [4.69, 9.17) is 4.99 Å². The van der Waals surface area contributed by atoms with Crippen LogP contribution in [0, 0.1) is 0 Å². The lowest BCUT2D eigenvalue weighted by molar-refractivity contribution is 0.717. The number of anilines is 1. The Morgan fingerprint density at radius 1 is 1.38 bits per heavy atom. The lowest BCUT2D eigenvalue weighted by Gasteiger charge is -2.13.